The molecule has 0 unspecified atom stereocenters. The van der Waals surface area contributed by atoms with Gasteiger partial charge in [-0.25, -0.2) is 4.98 Å². The van der Waals surface area contributed by atoms with Crippen molar-refractivity contribution in [3.05, 3.63) is 53.2 Å². The highest BCUT2D eigenvalue weighted by Crippen LogP contribution is 2.17. The van der Waals surface area contributed by atoms with Gasteiger partial charge in [0.2, 0.25) is 0 Å². The summed E-state index contributed by atoms with van der Waals surface area (Å²) in [6, 6.07) is 9.03. The third-order valence-corrected chi connectivity index (χ3v) is 2.81. The van der Waals surface area contributed by atoms with Crippen LogP contribution in [0.25, 0.3) is 0 Å². The molecule has 92 valence electrons. The first-order valence-electron chi connectivity index (χ1n) is 5.66. The molecular formula is C14H15N3O. The highest BCUT2D eigenvalue weighted by atomic mass is 16.1. The van der Waals surface area contributed by atoms with E-state index in [4.69, 9.17) is 11.5 Å². The number of benzene rings is 1. The SMILES string of the molecule is Cc1ccnc(N)c1C(=O)Cc1ccc(N)cc1. The van der Waals surface area contributed by atoms with Crippen LogP contribution in [-0.4, -0.2) is 10.8 Å². The molecule has 0 spiro atoms. The molecule has 4 N–H and O–H groups in total. The van der Waals surface area contributed by atoms with Crippen molar-refractivity contribution >= 4 is 17.3 Å². The molecule has 0 saturated carbocycles. The molecule has 0 fully saturated rings. The molecule has 1 heterocycles. The summed E-state index contributed by atoms with van der Waals surface area (Å²) in [5, 5.41) is 0. The Morgan fingerprint density at radius 3 is 2.44 bits per heavy atom. The first kappa shape index (κ1) is 12.1. The van der Waals surface area contributed by atoms with E-state index in [1.807, 2.05) is 19.1 Å². The van der Waals surface area contributed by atoms with E-state index in [0.717, 1.165) is 11.1 Å². The zero-order chi connectivity index (χ0) is 13.1. The Hall–Kier alpha value is -2.36. The molecule has 0 aliphatic carbocycles. The van der Waals surface area contributed by atoms with Crippen molar-refractivity contribution in [2.45, 2.75) is 13.3 Å². The summed E-state index contributed by atoms with van der Waals surface area (Å²) >= 11 is 0. The number of hydrogen-bond acceptors (Lipinski definition) is 4. The smallest absolute Gasteiger partial charge is 0.171 e. The topological polar surface area (TPSA) is 82.0 Å². The lowest BCUT2D eigenvalue weighted by atomic mass is 10.00. The fraction of sp³-hybridized carbons (Fsp3) is 0.143. The maximum absolute atomic E-state index is 12.2. The van der Waals surface area contributed by atoms with Crippen LogP contribution in [0, 0.1) is 6.92 Å². The monoisotopic (exact) mass is 241 g/mol. The number of aromatic nitrogens is 1. The molecule has 0 saturated heterocycles. The van der Waals surface area contributed by atoms with Gasteiger partial charge < -0.3 is 11.5 Å². The summed E-state index contributed by atoms with van der Waals surface area (Å²) in [6.07, 6.45) is 1.90. The van der Waals surface area contributed by atoms with Crippen LogP contribution >= 0.6 is 0 Å². The van der Waals surface area contributed by atoms with E-state index < -0.39 is 0 Å². The Balaban J connectivity index is 2.25. The standard InChI is InChI=1S/C14H15N3O/c1-9-6-7-17-14(16)13(9)12(18)8-10-2-4-11(15)5-3-10/h2-7H,8,15H2,1H3,(H2,16,17). The van der Waals surface area contributed by atoms with Gasteiger partial charge in [0.15, 0.2) is 5.78 Å². The average molecular weight is 241 g/mol. The minimum Gasteiger partial charge on any atom is -0.399 e. The Bertz CT molecular complexity index is 556. The molecule has 0 aliphatic rings. The van der Waals surface area contributed by atoms with Gasteiger partial charge in [0.05, 0.1) is 5.56 Å². The summed E-state index contributed by atoms with van der Waals surface area (Å²) in [5.74, 6) is 0.262. The van der Waals surface area contributed by atoms with Crippen LogP contribution < -0.4 is 11.5 Å². The summed E-state index contributed by atoms with van der Waals surface area (Å²) in [7, 11) is 0. The molecule has 2 aromatic rings. The number of Topliss-reactive ketones (excluding diaryl/α,β-unsaturated/α-hetero) is 1. The molecule has 0 radical (unpaired) electrons. The first-order valence-corrected chi connectivity index (χ1v) is 5.66. The number of nitrogens with zero attached hydrogens (tertiary/aromatic N) is 1. The molecule has 1 aromatic heterocycles. The van der Waals surface area contributed by atoms with E-state index in [1.165, 1.54) is 0 Å². The van der Waals surface area contributed by atoms with Gasteiger partial charge in [-0.15, -0.1) is 0 Å². The number of pyridine rings is 1. The number of carbonyl (C=O) groups excluding carboxylic acids is 1. The lowest BCUT2D eigenvalue weighted by molar-refractivity contribution is 0.0993. The summed E-state index contributed by atoms with van der Waals surface area (Å²) in [4.78, 5) is 16.1. The van der Waals surface area contributed by atoms with Gasteiger partial charge in [-0.3, -0.25) is 4.79 Å². The van der Waals surface area contributed by atoms with Crippen LogP contribution in [0.4, 0.5) is 11.5 Å². The second-order valence-electron chi connectivity index (χ2n) is 4.23. The van der Waals surface area contributed by atoms with E-state index in [1.54, 1.807) is 24.4 Å². The summed E-state index contributed by atoms with van der Waals surface area (Å²) < 4.78 is 0. The van der Waals surface area contributed by atoms with E-state index in [2.05, 4.69) is 4.98 Å². The Labute approximate surface area is 106 Å². The molecule has 4 nitrogen and oxygen atoms in total. The van der Waals surface area contributed by atoms with E-state index in [-0.39, 0.29) is 11.6 Å². The van der Waals surface area contributed by atoms with Crippen molar-refractivity contribution in [3.63, 3.8) is 0 Å². The Morgan fingerprint density at radius 1 is 1.17 bits per heavy atom. The maximum Gasteiger partial charge on any atom is 0.171 e. The fourth-order valence-electron chi connectivity index (χ4n) is 1.85. The van der Waals surface area contributed by atoms with Crippen molar-refractivity contribution in [1.82, 2.24) is 4.98 Å². The van der Waals surface area contributed by atoms with Crippen LogP contribution in [0.5, 0.6) is 0 Å². The predicted molar refractivity (Wildman–Crippen MR) is 72.3 cm³/mol. The summed E-state index contributed by atoms with van der Waals surface area (Å²) in [6.45, 7) is 1.86. The molecule has 0 atom stereocenters. The third kappa shape index (κ3) is 2.48. The van der Waals surface area contributed by atoms with Crippen LogP contribution in [0.2, 0.25) is 0 Å². The van der Waals surface area contributed by atoms with Crippen LogP contribution in [0.1, 0.15) is 21.5 Å². The number of rotatable bonds is 3. The molecule has 18 heavy (non-hydrogen) atoms. The molecule has 0 aliphatic heterocycles. The summed E-state index contributed by atoms with van der Waals surface area (Å²) in [5.41, 5.74) is 14.3. The Kier molecular flexibility index (Phi) is 3.28. The van der Waals surface area contributed by atoms with E-state index >= 15 is 0 Å². The van der Waals surface area contributed by atoms with Crippen molar-refractivity contribution < 1.29 is 4.79 Å². The largest absolute Gasteiger partial charge is 0.399 e. The molecule has 2 rings (SSSR count). The molecule has 1 aromatic carbocycles. The zero-order valence-electron chi connectivity index (χ0n) is 10.2. The molecule has 0 bridgehead atoms. The Morgan fingerprint density at radius 2 is 1.83 bits per heavy atom. The van der Waals surface area contributed by atoms with Gasteiger partial charge in [-0.1, -0.05) is 12.1 Å². The number of nitrogens with two attached hydrogens (primary N) is 2. The zero-order valence-corrected chi connectivity index (χ0v) is 10.2. The van der Waals surface area contributed by atoms with E-state index in [9.17, 15) is 4.79 Å². The predicted octanol–water partition coefficient (Wildman–Crippen LogP) is 1.98. The lowest BCUT2D eigenvalue weighted by Gasteiger charge is -2.07. The molecule has 4 heteroatoms. The van der Waals surface area contributed by atoms with Crippen molar-refractivity contribution in [2.24, 2.45) is 0 Å². The van der Waals surface area contributed by atoms with E-state index in [0.29, 0.717) is 17.7 Å². The van der Waals surface area contributed by atoms with Gasteiger partial charge in [-0.2, -0.15) is 0 Å². The maximum atomic E-state index is 12.2. The number of carbonyl (C=O) groups is 1. The van der Waals surface area contributed by atoms with Crippen molar-refractivity contribution in [1.29, 1.82) is 0 Å². The number of aryl methyl sites for hydroxylation is 1. The number of hydrogen-bond donors (Lipinski definition) is 2. The average Bonchev–Trinajstić information content (AvgIpc) is 2.32. The van der Waals surface area contributed by atoms with Crippen LogP contribution in [-0.2, 0) is 6.42 Å². The quantitative estimate of drug-likeness (QED) is 0.636. The number of nitrogen functional groups attached to an aromatic ring is 2. The van der Waals surface area contributed by atoms with Crippen molar-refractivity contribution in [3.8, 4) is 0 Å². The third-order valence-electron chi connectivity index (χ3n) is 2.81. The molecular weight excluding hydrogens is 226 g/mol. The highest BCUT2D eigenvalue weighted by Gasteiger charge is 2.14. The minimum absolute atomic E-state index is 0.0251. The lowest BCUT2D eigenvalue weighted by Crippen LogP contribution is -2.10. The second kappa shape index (κ2) is 4.87. The fourth-order valence-corrected chi connectivity index (χ4v) is 1.85. The highest BCUT2D eigenvalue weighted by molar-refractivity contribution is 6.02. The van der Waals surface area contributed by atoms with Gasteiger partial charge in [-0.05, 0) is 36.2 Å². The molecule has 0 amide bonds. The van der Waals surface area contributed by atoms with Crippen LogP contribution in [0.3, 0.4) is 0 Å². The van der Waals surface area contributed by atoms with Gasteiger partial charge in [0.1, 0.15) is 5.82 Å². The van der Waals surface area contributed by atoms with Gasteiger partial charge >= 0.3 is 0 Å². The first-order chi connectivity index (χ1) is 8.58. The van der Waals surface area contributed by atoms with Crippen molar-refractivity contribution in [2.75, 3.05) is 11.5 Å². The van der Waals surface area contributed by atoms with Crippen LogP contribution in [0.15, 0.2) is 36.5 Å². The number of anilines is 2. The second-order valence-corrected chi connectivity index (χ2v) is 4.23. The minimum atomic E-state index is -0.0251. The van der Waals surface area contributed by atoms with Gasteiger partial charge in [0.25, 0.3) is 0 Å². The van der Waals surface area contributed by atoms with Gasteiger partial charge in [0, 0.05) is 18.3 Å². The normalized spacial score (nSPS) is 10.3. The number of ketones is 1.